The van der Waals surface area contributed by atoms with Crippen molar-refractivity contribution < 1.29 is 9.00 Å². The second kappa shape index (κ2) is 7.16. The van der Waals surface area contributed by atoms with Crippen LogP contribution < -0.4 is 5.32 Å². The van der Waals surface area contributed by atoms with E-state index in [1.807, 2.05) is 37.3 Å². The summed E-state index contributed by atoms with van der Waals surface area (Å²) in [5, 5.41) is 7.86. The van der Waals surface area contributed by atoms with E-state index in [9.17, 15) is 9.00 Å². The zero-order chi connectivity index (χ0) is 18.9. The zero-order valence-corrected chi connectivity index (χ0v) is 16.4. The Labute approximate surface area is 159 Å². The minimum absolute atomic E-state index is 0.0254. The molecular weight excluding hydrogens is 362 g/mol. The molecule has 2 aromatic rings. The molecule has 0 saturated carbocycles. The molecule has 0 bridgehead atoms. The Morgan fingerprint density at radius 2 is 2.07 bits per heavy atom. The lowest BCUT2D eigenvalue weighted by molar-refractivity contribution is 0.0995. The van der Waals surface area contributed by atoms with Gasteiger partial charge >= 0.3 is 5.91 Å². The molecule has 2 unspecified atom stereocenters. The van der Waals surface area contributed by atoms with Crippen molar-refractivity contribution in [3.05, 3.63) is 42.0 Å². The molecule has 4 rings (SSSR count). The van der Waals surface area contributed by atoms with Crippen LogP contribution in [0.15, 0.2) is 34.7 Å². The summed E-state index contributed by atoms with van der Waals surface area (Å²) in [6, 6.07) is 9.57. The monoisotopic (exact) mass is 387 g/mol. The highest BCUT2D eigenvalue weighted by molar-refractivity contribution is 7.94. The number of amides is 1. The van der Waals surface area contributed by atoms with E-state index in [0.717, 1.165) is 37.9 Å². The van der Waals surface area contributed by atoms with Crippen molar-refractivity contribution in [3.63, 3.8) is 0 Å². The molecule has 2 fully saturated rings. The van der Waals surface area contributed by atoms with Gasteiger partial charge in [-0.2, -0.15) is 4.36 Å². The maximum absolute atomic E-state index is 13.3. The highest BCUT2D eigenvalue weighted by Gasteiger charge is 2.40. The molecular formula is C19H25N5O2S. The van der Waals surface area contributed by atoms with E-state index in [-0.39, 0.29) is 11.4 Å². The van der Waals surface area contributed by atoms with Gasteiger partial charge in [-0.15, -0.1) is 5.10 Å². The van der Waals surface area contributed by atoms with Crippen molar-refractivity contribution in [2.24, 2.45) is 4.36 Å². The molecule has 7 nitrogen and oxygen atoms in total. The number of hydrogen-bond acceptors (Lipinski definition) is 5. The van der Waals surface area contributed by atoms with Gasteiger partial charge in [0, 0.05) is 17.7 Å². The maximum Gasteiger partial charge on any atom is 0.324 e. The molecule has 0 radical (unpaired) electrons. The van der Waals surface area contributed by atoms with Crippen molar-refractivity contribution in [1.29, 1.82) is 0 Å². The fourth-order valence-corrected chi connectivity index (χ4v) is 6.66. The molecule has 1 N–H and O–H groups in total. The lowest BCUT2D eigenvalue weighted by Crippen LogP contribution is -2.49. The summed E-state index contributed by atoms with van der Waals surface area (Å²) in [6.45, 7) is 2.91. The second-order valence-corrected chi connectivity index (χ2v) is 9.81. The van der Waals surface area contributed by atoms with Gasteiger partial charge in [-0.05, 0) is 44.4 Å². The number of nitrogens with zero attached hydrogens (tertiary/aromatic N) is 4. The predicted octanol–water partition coefficient (Wildman–Crippen LogP) is 2.35. The lowest BCUT2D eigenvalue weighted by Gasteiger charge is -2.34. The Kier molecular flexibility index (Phi) is 4.86. The molecule has 144 valence electrons. The summed E-state index contributed by atoms with van der Waals surface area (Å²) in [7, 11) is -2.58. The first-order valence-electron chi connectivity index (χ1n) is 9.56. The summed E-state index contributed by atoms with van der Waals surface area (Å²) >= 11 is 0. The number of aromatic nitrogens is 3. The minimum Gasteiger partial charge on any atom is -0.310 e. The van der Waals surface area contributed by atoms with E-state index >= 15 is 0 Å². The summed E-state index contributed by atoms with van der Waals surface area (Å²) < 4.78 is 19.1. The summed E-state index contributed by atoms with van der Waals surface area (Å²) in [5.41, 5.74) is 0.738. The number of carbonyl (C=O) groups excluding carboxylic acids is 1. The topological polar surface area (TPSA) is 89.2 Å². The van der Waals surface area contributed by atoms with Crippen LogP contribution in [0, 0.1) is 0 Å². The van der Waals surface area contributed by atoms with E-state index in [1.165, 1.54) is 0 Å². The van der Waals surface area contributed by atoms with Crippen LogP contribution in [0.2, 0.25) is 0 Å². The fraction of sp³-hybridized carbons (Fsp3) is 0.526. The van der Waals surface area contributed by atoms with Crippen molar-refractivity contribution in [2.45, 2.75) is 44.6 Å². The van der Waals surface area contributed by atoms with E-state index in [2.05, 4.69) is 19.8 Å². The Morgan fingerprint density at radius 3 is 2.78 bits per heavy atom. The van der Waals surface area contributed by atoms with Gasteiger partial charge in [0.2, 0.25) is 5.82 Å². The number of nitrogens with one attached hydrogen (secondary N) is 1. The number of para-hydroxylation sites is 1. The standard InChI is InChI=1S/C19H25N5O2S/c1-2-16-21-17(22-24(16)15-8-4-3-5-9-15)18(25)23-27(26)13-7-11-19(14-27)10-6-12-20-19/h3-5,8-9,20H,2,6-7,10-14H2,1H3. The van der Waals surface area contributed by atoms with Crippen LogP contribution in [-0.2, 0) is 16.1 Å². The third kappa shape index (κ3) is 3.68. The fourth-order valence-electron chi connectivity index (χ4n) is 4.13. The van der Waals surface area contributed by atoms with Crippen LogP contribution in [0.1, 0.15) is 49.1 Å². The molecule has 27 heavy (non-hydrogen) atoms. The number of hydrogen-bond donors (Lipinski definition) is 1. The summed E-state index contributed by atoms with van der Waals surface area (Å²) in [4.78, 5) is 17.1. The first-order valence-corrected chi connectivity index (χ1v) is 11.4. The van der Waals surface area contributed by atoms with Gasteiger partial charge < -0.3 is 5.32 Å². The van der Waals surface area contributed by atoms with E-state index in [1.54, 1.807) is 4.68 Å². The van der Waals surface area contributed by atoms with E-state index in [4.69, 9.17) is 0 Å². The van der Waals surface area contributed by atoms with Crippen LogP contribution in [0.3, 0.4) is 0 Å². The average molecular weight is 388 g/mol. The van der Waals surface area contributed by atoms with Gasteiger partial charge in [-0.1, -0.05) is 25.1 Å². The number of aryl methyl sites for hydroxylation is 1. The van der Waals surface area contributed by atoms with Crippen molar-refractivity contribution in [2.75, 3.05) is 18.1 Å². The van der Waals surface area contributed by atoms with Crippen molar-refractivity contribution in [1.82, 2.24) is 20.1 Å². The van der Waals surface area contributed by atoms with E-state index < -0.39 is 15.6 Å². The Morgan fingerprint density at radius 1 is 1.30 bits per heavy atom. The normalized spacial score (nSPS) is 27.7. The molecule has 2 saturated heterocycles. The second-order valence-electron chi connectivity index (χ2n) is 7.38. The van der Waals surface area contributed by atoms with Gasteiger partial charge in [0.05, 0.1) is 21.2 Å². The number of rotatable bonds is 3. The Hall–Kier alpha value is -2.06. The van der Waals surface area contributed by atoms with Crippen molar-refractivity contribution >= 4 is 15.6 Å². The number of benzene rings is 1. The van der Waals surface area contributed by atoms with Crippen LogP contribution in [0.4, 0.5) is 0 Å². The van der Waals surface area contributed by atoms with E-state index in [0.29, 0.717) is 23.8 Å². The summed E-state index contributed by atoms with van der Waals surface area (Å²) in [6.07, 6.45) is 4.57. The van der Waals surface area contributed by atoms with Gasteiger partial charge in [0.15, 0.2) is 0 Å². The molecule has 2 aliphatic rings. The molecule has 8 heteroatoms. The first-order chi connectivity index (χ1) is 13.0. The van der Waals surface area contributed by atoms with Crippen LogP contribution in [0.25, 0.3) is 5.69 Å². The molecule has 3 heterocycles. The minimum atomic E-state index is -2.58. The molecule has 2 aliphatic heterocycles. The first kappa shape index (κ1) is 18.3. The zero-order valence-electron chi connectivity index (χ0n) is 15.6. The van der Waals surface area contributed by atoms with Gasteiger partial charge in [-0.3, -0.25) is 4.79 Å². The quantitative estimate of drug-likeness (QED) is 0.873. The number of carbonyl (C=O) groups is 1. The lowest BCUT2D eigenvalue weighted by atomic mass is 9.94. The predicted molar refractivity (Wildman–Crippen MR) is 105 cm³/mol. The van der Waals surface area contributed by atoms with Gasteiger partial charge in [-0.25, -0.2) is 13.9 Å². The third-order valence-electron chi connectivity index (χ3n) is 5.38. The van der Waals surface area contributed by atoms with Gasteiger partial charge in [0.25, 0.3) is 0 Å². The highest BCUT2D eigenvalue weighted by Crippen LogP contribution is 2.32. The Balaban J connectivity index is 1.64. The molecule has 1 aromatic heterocycles. The Bertz CT molecular complexity index is 954. The SMILES string of the molecule is CCc1nc(C(=O)N=S2(=O)CCCC3(CCCN3)C2)nn1-c1ccccc1. The molecule has 0 aliphatic carbocycles. The summed E-state index contributed by atoms with van der Waals surface area (Å²) in [5.74, 6) is 1.07. The highest BCUT2D eigenvalue weighted by atomic mass is 32.2. The van der Waals surface area contributed by atoms with Gasteiger partial charge in [0.1, 0.15) is 5.82 Å². The molecule has 2 atom stereocenters. The largest absolute Gasteiger partial charge is 0.324 e. The molecule has 1 aromatic carbocycles. The molecule has 1 amide bonds. The maximum atomic E-state index is 13.3. The average Bonchev–Trinajstić information content (AvgIpc) is 3.29. The van der Waals surface area contributed by atoms with Crippen LogP contribution in [-0.4, -0.2) is 48.5 Å². The van der Waals surface area contributed by atoms with Crippen LogP contribution >= 0.6 is 0 Å². The third-order valence-corrected chi connectivity index (χ3v) is 7.81. The van der Waals surface area contributed by atoms with Crippen molar-refractivity contribution in [3.8, 4) is 5.69 Å². The van der Waals surface area contributed by atoms with Crippen LogP contribution in [0.5, 0.6) is 0 Å². The molecule has 1 spiro atoms. The smallest absolute Gasteiger partial charge is 0.310 e.